The first kappa shape index (κ1) is 18.6. The largest absolute Gasteiger partial charge is 1.00 e. The van der Waals surface area contributed by atoms with Crippen LogP contribution in [0.25, 0.3) is 0 Å². The number of aliphatic hydroxyl groups excluding tert-OH is 3. The van der Waals surface area contributed by atoms with Crippen molar-refractivity contribution >= 4 is 0 Å². The number of hydrogen-bond acceptors (Lipinski definition) is 6. The second kappa shape index (κ2) is 11.7. The maximum Gasteiger partial charge on any atom is 0.175 e. The van der Waals surface area contributed by atoms with Crippen LogP contribution in [0, 0.1) is 0 Å². The molecule has 0 heterocycles. The molecule has 8 heteroatoms. The van der Waals surface area contributed by atoms with E-state index in [2.05, 4.69) is 0 Å². The molecule has 3 N–H and O–H groups in total. The molecule has 0 saturated carbocycles. The third kappa shape index (κ3) is 7.47. The molecular weight excluding hydrogens is 286 g/mol. The van der Waals surface area contributed by atoms with Crippen LogP contribution in [-0.4, -0.2) is 66.5 Å². The van der Waals surface area contributed by atoms with Gasteiger partial charge in [-0.1, -0.05) is 0 Å². The summed E-state index contributed by atoms with van der Waals surface area (Å²) in [6.45, 7) is 1.74. The van der Waals surface area contributed by atoms with Gasteiger partial charge in [-0.25, -0.2) is 0 Å². The molecule has 16 heavy (non-hydrogen) atoms. The minimum atomic E-state index is -0.596. The van der Waals surface area contributed by atoms with Gasteiger partial charge >= 0.3 is 0 Å². The van der Waals surface area contributed by atoms with Crippen molar-refractivity contribution in [2.75, 3.05) is 46.2 Å². The van der Waals surface area contributed by atoms with Gasteiger partial charge in [0.2, 0.25) is 0 Å². The Balaban J connectivity index is 0. The molecule has 0 aliphatic carbocycles. The molecule has 0 unspecified atom stereocenters. The minimum Gasteiger partial charge on any atom is -1.00 e. The van der Waals surface area contributed by atoms with Crippen LogP contribution in [-0.2, 0) is 14.5 Å². The zero-order valence-electron chi connectivity index (χ0n) is 9.34. The van der Waals surface area contributed by atoms with Crippen molar-refractivity contribution in [1.29, 1.82) is 0 Å². The average Bonchev–Trinajstić information content (AvgIpc) is 2.29. The van der Waals surface area contributed by atoms with Gasteiger partial charge in [0.05, 0.1) is 24.8 Å². The number of hydroxylamine groups is 3. The summed E-state index contributed by atoms with van der Waals surface area (Å²) >= 11 is 0. The van der Waals surface area contributed by atoms with Crippen LogP contribution in [0.2, 0.25) is 0 Å². The van der Waals surface area contributed by atoms with Crippen LogP contribution in [0.1, 0.15) is 6.92 Å². The molecule has 7 nitrogen and oxygen atoms in total. The molecule has 0 aromatic heterocycles. The molecule has 0 bridgehead atoms. The number of quaternary nitrogens is 1. The highest BCUT2D eigenvalue weighted by Crippen LogP contribution is 2.10. The Morgan fingerprint density at radius 2 is 1.12 bits per heavy atom. The number of rotatable bonds is 10. The zero-order valence-corrected chi connectivity index (χ0v) is 10.9. The van der Waals surface area contributed by atoms with Gasteiger partial charge in [0, 0.05) is 0 Å². The summed E-state index contributed by atoms with van der Waals surface area (Å²) in [5.41, 5.74) is 0. The zero-order chi connectivity index (χ0) is 11.6. The summed E-state index contributed by atoms with van der Waals surface area (Å²) in [7, 11) is 0. The molecule has 0 spiro atoms. The highest BCUT2D eigenvalue weighted by Gasteiger charge is 2.32. The van der Waals surface area contributed by atoms with Crippen LogP contribution in [0.4, 0.5) is 0 Å². The molecule has 100 valence electrons. The van der Waals surface area contributed by atoms with Crippen molar-refractivity contribution < 1.29 is 51.8 Å². The van der Waals surface area contributed by atoms with Gasteiger partial charge in [-0.3, -0.25) is 0 Å². The highest BCUT2D eigenvalue weighted by atomic mass is 79.9. The maximum atomic E-state index is 8.63. The number of hydrogen-bond donors (Lipinski definition) is 3. The van der Waals surface area contributed by atoms with Crippen LogP contribution < -0.4 is 17.0 Å². The molecule has 0 rings (SSSR count). The van der Waals surface area contributed by atoms with E-state index in [1.807, 2.05) is 0 Å². The van der Waals surface area contributed by atoms with Crippen molar-refractivity contribution in [2.45, 2.75) is 6.92 Å². The number of halogens is 1. The van der Waals surface area contributed by atoms with Crippen molar-refractivity contribution in [2.24, 2.45) is 0 Å². The first-order valence-corrected chi connectivity index (χ1v) is 4.89. The van der Waals surface area contributed by atoms with E-state index < -0.39 is 4.97 Å². The van der Waals surface area contributed by atoms with Gasteiger partial charge in [-0.2, -0.15) is 0 Å². The Morgan fingerprint density at radius 3 is 1.31 bits per heavy atom. The summed E-state index contributed by atoms with van der Waals surface area (Å²) in [6.07, 6.45) is 0. The average molecular weight is 306 g/mol. The summed E-state index contributed by atoms with van der Waals surface area (Å²) in [5.74, 6) is 0. The standard InChI is InChI=1S/C8H20NO6.BrH/c1-2-9(13-6-3-10,14-7-4-11)15-8-5-12;/h10-12H,2-8H2,1H3;1H/q+1;/p-1. The van der Waals surface area contributed by atoms with E-state index in [-0.39, 0.29) is 56.6 Å². The van der Waals surface area contributed by atoms with E-state index in [0.717, 1.165) is 0 Å². The summed E-state index contributed by atoms with van der Waals surface area (Å²) in [6, 6.07) is 0. The topological polar surface area (TPSA) is 88.4 Å². The van der Waals surface area contributed by atoms with Gasteiger partial charge < -0.3 is 32.3 Å². The Hall–Kier alpha value is 0.200. The van der Waals surface area contributed by atoms with E-state index in [1.165, 1.54) is 0 Å². The van der Waals surface area contributed by atoms with E-state index in [1.54, 1.807) is 6.92 Å². The molecule has 0 amide bonds. The highest BCUT2D eigenvalue weighted by molar-refractivity contribution is 4.17. The van der Waals surface area contributed by atoms with Crippen LogP contribution >= 0.6 is 0 Å². The lowest BCUT2D eigenvalue weighted by molar-refractivity contribution is -1.37. The van der Waals surface area contributed by atoms with Crippen molar-refractivity contribution in [3.05, 3.63) is 0 Å². The molecule has 0 radical (unpaired) electrons. The second-order valence-corrected chi connectivity index (χ2v) is 2.60. The molecule has 0 aromatic carbocycles. The van der Waals surface area contributed by atoms with Crippen LogP contribution in [0.5, 0.6) is 0 Å². The Kier molecular flexibility index (Phi) is 13.5. The fourth-order valence-corrected chi connectivity index (χ4v) is 0.925. The van der Waals surface area contributed by atoms with Crippen molar-refractivity contribution in [1.82, 2.24) is 0 Å². The van der Waals surface area contributed by atoms with E-state index in [0.29, 0.717) is 6.54 Å². The molecule has 0 saturated heterocycles. The maximum absolute atomic E-state index is 8.63. The lowest BCUT2D eigenvalue weighted by Gasteiger charge is -2.27. The third-order valence-corrected chi connectivity index (χ3v) is 1.53. The second-order valence-electron chi connectivity index (χ2n) is 2.60. The Morgan fingerprint density at radius 1 is 0.812 bits per heavy atom. The molecule has 0 atom stereocenters. The van der Waals surface area contributed by atoms with Crippen molar-refractivity contribution in [3.8, 4) is 0 Å². The lowest BCUT2D eigenvalue weighted by atomic mass is 10.7. The molecular formula is C8H20BrNO6. The molecule has 0 aliphatic rings. The van der Waals surface area contributed by atoms with E-state index in [9.17, 15) is 0 Å². The summed E-state index contributed by atoms with van der Waals surface area (Å²) in [5, 5.41) is 25.9. The van der Waals surface area contributed by atoms with Crippen LogP contribution in [0.15, 0.2) is 0 Å². The number of aliphatic hydroxyl groups is 3. The SMILES string of the molecule is CC[N+](OCCO)(OCCO)OCCO.[Br-]. The lowest BCUT2D eigenvalue weighted by Crippen LogP contribution is -3.00. The van der Waals surface area contributed by atoms with Gasteiger partial charge in [0.1, 0.15) is 19.8 Å². The molecule has 0 aliphatic heterocycles. The minimum absolute atomic E-state index is 0. The fraction of sp³-hybridized carbons (Fsp3) is 1.00. The summed E-state index contributed by atoms with van der Waals surface area (Å²) in [4.78, 5) is 14.9. The molecule has 0 aromatic rings. The number of nitrogens with zero attached hydrogens (tertiary/aromatic N) is 1. The molecule has 0 fully saturated rings. The van der Waals surface area contributed by atoms with Gasteiger partial charge in [-0.05, 0) is 6.92 Å². The van der Waals surface area contributed by atoms with E-state index >= 15 is 0 Å². The fourth-order valence-electron chi connectivity index (χ4n) is 0.925. The van der Waals surface area contributed by atoms with Gasteiger partial charge in [-0.15, -0.1) is 14.5 Å². The Labute approximate surface area is 105 Å². The Bertz CT molecular complexity index is 129. The quantitative estimate of drug-likeness (QED) is 0.279. The smallest absolute Gasteiger partial charge is 0.175 e. The van der Waals surface area contributed by atoms with Gasteiger partial charge in [0.25, 0.3) is 0 Å². The third-order valence-electron chi connectivity index (χ3n) is 1.53. The van der Waals surface area contributed by atoms with Gasteiger partial charge in [0.15, 0.2) is 6.54 Å². The summed E-state index contributed by atoms with van der Waals surface area (Å²) < 4.78 is 0. The first-order chi connectivity index (χ1) is 7.24. The predicted octanol–water partition coefficient (Wildman–Crippen LogP) is -4.40. The monoisotopic (exact) mass is 305 g/mol. The normalized spacial score (nSPS) is 11.2. The van der Waals surface area contributed by atoms with E-state index in [4.69, 9.17) is 29.8 Å². The predicted molar refractivity (Wildman–Crippen MR) is 49.9 cm³/mol. The van der Waals surface area contributed by atoms with Crippen LogP contribution in [0.3, 0.4) is 0 Å². The van der Waals surface area contributed by atoms with Crippen molar-refractivity contribution in [3.63, 3.8) is 0 Å². The first-order valence-electron chi connectivity index (χ1n) is 4.89.